The summed E-state index contributed by atoms with van der Waals surface area (Å²) in [6, 6.07) is 10.7. The molecule has 5 nitrogen and oxygen atoms in total. The number of ketones is 1. The predicted octanol–water partition coefficient (Wildman–Crippen LogP) is 4.37. The average molecular weight is 434 g/mol. The summed E-state index contributed by atoms with van der Waals surface area (Å²) in [4.78, 5) is 35.2. The van der Waals surface area contributed by atoms with Gasteiger partial charge in [0.15, 0.2) is 11.9 Å². The highest BCUT2D eigenvalue weighted by atomic mass is 79.9. The highest BCUT2D eigenvalue weighted by molar-refractivity contribution is 9.10. The first kappa shape index (κ1) is 20.5. The summed E-state index contributed by atoms with van der Waals surface area (Å²) in [5.74, 6) is -1.86. The van der Waals surface area contributed by atoms with Gasteiger partial charge in [-0.05, 0) is 62.4 Å². The summed E-state index contributed by atoms with van der Waals surface area (Å²) in [6.45, 7) is 2.87. The van der Waals surface area contributed by atoms with E-state index in [0.29, 0.717) is 15.7 Å². The molecule has 0 saturated carbocycles. The average Bonchev–Trinajstić information content (AvgIpc) is 2.62. The van der Waals surface area contributed by atoms with Gasteiger partial charge in [-0.1, -0.05) is 15.9 Å². The number of amides is 1. The van der Waals surface area contributed by atoms with E-state index in [2.05, 4.69) is 21.2 Å². The zero-order chi connectivity index (χ0) is 20.0. The first-order chi connectivity index (χ1) is 12.8. The molecule has 0 fully saturated rings. The van der Waals surface area contributed by atoms with Crippen LogP contribution in [0.5, 0.6) is 0 Å². The number of benzene rings is 2. The van der Waals surface area contributed by atoms with Crippen molar-refractivity contribution in [1.82, 2.24) is 0 Å². The molecule has 2 rings (SSSR count). The molecule has 1 unspecified atom stereocenters. The highest BCUT2D eigenvalue weighted by Gasteiger charge is 2.17. The van der Waals surface area contributed by atoms with Crippen molar-refractivity contribution in [2.75, 3.05) is 5.32 Å². The lowest BCUT2D eigenvalue weighted by Gasteiger charge is -2.12. The SMILES string of the molecule is CC(=O)c1ccc(NC(=O)C(C)OC(=O)C=Cc2cc(Br)ccc2F)cc1. The second-order valence-corrected chi connectivity index (χ2v) is 6.62. The smallest absolute Gasteiger partial charge is 0.331 e. The number of rotatable bonds is 6. The van der Waals surface area contributed by atoms with E-state index in [0.717, 1.165) is 6.08 Å². The maximum atomic E-state index is 13.6. The van der Waals surface area contributed by atoms with Gasteiger partial charge in [0.2, 0.25) is 0 Å². The maximum absolute atomic E-state index is 13.6. The fraction of sp³-hybridized carbons (Fsp3) is 0.150. The molecule has 2 aromatic carbocycles. The van der Waals surface area contributed by atoms with Gasteiger partial charge in [-0.25, -0.2) is 9.18 Å². The van der Waals surface area contributed by atoms with E-state index in [1.54, 1.807) is 30.3 Å². The number of halogens is 2. The second-order valence-electron chi connectivity index (χ2n) is 5.70. The van der Waals surface area contributed by atoms with Crippen molar-refractivity contribution in [1.29, 1.82) is 0 Å². The molecule has 1 N–H and O–H groups in total. The van der Waals surface area contributed by atoms with Crippen LogP contribution in [0.3, 0.4) is 0 Å². The summed E-state index contributed by atoms with van der Waals surface area (Å²) in [5.41, 5.74) is 1.21. The molecule has 7 heteroatoms. The Labute approximate surface area is 164 Å². The molecule has 0 aliphatic heterocycles. The molecule has 0 radical (unpaired) electrons. The Kier molecular flexibility index (Phi) is 7.01. The van der Waals surface area contributed by atoms with Gasteiger partial charge in [0.25, 0.3) is 5.91 Å². The van der Waals surface area contributed by atoms with Gasteiger partial charge >= 0.3 is 5.97 Å². The standard InChI is InChI=1S/C20H17BrFNO4/c1-12(24)14-3-7-17(8-4-14)23-20(26)13(2)27-19(25)10-5-15-11-16(21)6-9-18(15)22/h3-11,13H,1-2H3,(H,23,26). The summed E-state index contributed by atoms with van der Waals surface area (Å²) < 4.78 is 19.3. The van der Waals surface area contributed by atoms with Crippen LogP contribution in [-0.2, 0) is 14.3 Å². The van der Waals surface area contributed by atoms with E-state index >= 15 is 0 Å². The van der Waals surface area contributed by atoms with Crippen LogP contribution in [0, 0.1) is 5.82 Å². The summed E-state index contributed by atoms with van der Waals surface area (Å²) in [7, 11) is 0. The van der Waals surface area contributed by atoms with Crippen molar-refractivity contribution < 1.29 is 23.5 Å². The van der Waals surface area contributed by atoms with Crippen LogP contribution in [0.1, 0.15) is 29.8 Å². The van der Waals surface area contributed by atoms with Crippen LogP contribution in [0.25, 0.3) is 6.08 Å². The van der Waals surface area contributed by atoms with Crippen molar-refractivity contribution in [3.63, 3.8) is 0 Å². The lowest BCUT2D eigenvalue weighted by molar-refractivity contribution is -0.148. The first-order valence-corrected chi connectivity index (χ1v) is 8.81. The predicted molar refractivity (Wildman–Crippen MR) is 104 cm³/mol. The van der Waals surface area contributed by atoms with Gasteiger partial charge in [0.1, 0.15) is 5.82 Å². The molecule has 2 aromatic rings. The van der Waals surface area contributed by atoms with Crippen LogP contribution in [0.2, 0.25) is 0 Å². The van der Waals surface area contributed by atoms with E-state index in [9.17, 15) is 18.8 Å². The second kappa shape index (κ2) is 9.23. The molecule has 0 aliphatic rings. The minimum atomic E-state index is -1.05. The van der Waals surface area contributed by atoms with E-state index < -0.39 is 23.8 Å². The number of ether oxygens (including phenoxy) is 1. The van der Waals surface area contributed by atoms with Crippen molar-refractivity contribution in [3.8, 4) is 0 Å². The van der Waals surface area contributed by atoms with Crippen LogP contribution in [0.4, 0.5) is 10.1 Å². The topological polar surface area (TPSA) is 72.5 Å². The number of carbonyl (C=O) groups is 3. The maximum Gasteiger partial charge on any atom is 0.331 e. The van der Waals surface area contributed by atoms with Crippen molar-refractivity contribution in [2.45, 2.75) is 20.0 Å². The molecule has 1 atom stereocenters. The number of esters is 1. The lowest BCUT2D eigenvalue weighted by Crippen LogP contribution is -2.29. The molecular weight excluding hydrogens is 417 g/mol. The van der Waals surface area contributed by atoms with Crippen molar-refractivity contribution in [3.05, 3.63) is 70.0 Å². The number of nitrogens with one attached hydrogen (secondary N) is 1. The molecule has 0 saturated heterocycles. The van der Waals surface area contributed by atoms with Crippen LogP contribution < -0.4 is 5.32 Å². The molecule has 0 aliphatic carbocycles. The molecule has 0 heterocycles. The lowest BCUT2D eigenvalue weighted by atomic mass is 10.1. The number of Topliss-reactive ketones (excluding diaryl/α,β-unsaturated/α-hetero) is 1. The third-order valence-corrected chi connectivity index (χ3v) is 4.07. The van der Waals surface area contributed by atoms with E-state index in [1.807, 2.05) is 0 Å². The third kappa shape index (κ3) is 6.14. The van der Waals surface area contributed by atoms with Gasteiger partial charge in [0, 0.05) is 27.4 Å². The molecule has 0 aromatic heterocycles. The normalized spacial score (nSPS) is 11.9. The number of hydrogen-bond donors (Lipinski definition) is 1. The summed E-state index contributed by atoms with van der Waals surface area (Å²) in [6.07, 6.45) is 1.27. The Morgan fingerprint density at radius 3 is 2.44 bits per heavy atom. The highest BCUT2D eigenvalue weighted by Crippen LogP contribution is 2.17. The summed E-state index contributed by atoms with van der Waals surface area (Å²) in [5, 5.41) is 2.59. The molecule has 0 bridgehead atoms. The van der Waals surface area contributed by atoms with Gasteiger partial charge in [0.05, 0.1) is 0 Å². The van der Waals surface area contributed by atoms with Gasteiger partial charge in [-0.2, -0.15) is 0 Å². The first-order valence-electron chi connectivity index (χ1n) is 8.02. The zero-order valence-corrected chi connectivity index (χ0v) is 16.2. The Morgan fingerprint density at radius 2 is 1.81 bits per heavy atom. The van der Waals surface area contributed by atoms with E-state index in [1.165, 1.54) is 32.1 Å². The van der Waals surface area contributed by atoms with Crippen LogP contribution in [0.15, 0.2) is 53.0 Å². The number of hydrogen-bond acceptors (Lipinski definition) is 4. The largest absolute Gasteiger partial charge is 0.449 e. The quantitative estimate of drug-likeness (QED) is 0.416. The molecule has 0 spiro atoms. The van der Waals surface area contributed by atoms with Crippen molar-refractivity contribution >= 4 is 45.4 Å². The molecule has 27 heavy (non-hydrogen) atoms. The zero-order valence-electron chi connectivity index (χ0n) is 14.7. The third-order valence-electron chi connectivity index (χ3n) is 3.58. The van der Waals surface area contributed by atoms with Crippen LogP contribution >= 0.6 is 15.9 Å². The Balaban J connectivity index is 1.93. The molecular formula is C20H17BrFNO4. The van der Waals surface area contributed by atoms with Crippen LogP contribution in [-0.4, -0.2) is 23.8 Å². The van der Waals surface area contributed by atoms with E-state index in [-0.39, 0.29) is 11.3 Å². The monoisotopic (exact) mass is 433 g/mol. The minimum Gasteiger partial charge on any atom is -0.449 e. The van der Waals surface area contributed by atoms with Gasteiger partial charge < -0.3 is 10.1 Å². The molecule has 140 valence electrons. The minimum absolute atomic E-state index is 0.0798. The Hall–Kier alpha value is -2.80. The molecule has 1 amide bonds. The fourth-order valence-corrected chi connectivity index (χ4v) is 2.48. The fourth-order valence-electron chi connectivity index (χ4n) is 2.10. The van der Waals surface area contributed by atoms with Gasteiger partial charge in [-0.3, -0.25) is 9.59 Å². The number of carbonyl (C=O) groups excluding carboxylic acids is 3. The van der Waals surface area contributed by atoms with Crippen molar-refractivity contribution in [2.24, 2.45) is 0 Å². The van der Waals surface area contributed by atoms with Gasteiger partial charge in [-0.15, -0.1) is 0 Å². The Bertz CT molecular complexity index is 893. The number of anilines is 1. The summed E-state index contributed by atoms with van der Waals surface area (Å²) >= 11 is 3.22. The Morgan fingerprint density at radius 1 is 1.15 bits per heavy atom. The van der Waals surface area contributed by atoms with E-state index in [4.69, 9.17) is 4.74 Å².